The summed E-state index contributed by atoms with van der Waals surface area (Å²) in [6, 6.07) is 7.22. The van der Waals surface area contributed by atoms with Gasteiger partial charge in [-0.25, -0.2) is 8.42 Å². The first-order chi connectivity index (χ1) is 15.9. The van der Waals surface area contributed by atoms with Crippen LogP contribution in [0.1, 0.15) is 23.1 Å². The molecule has 2 atom stereocenters. The molecule has 0 radical (unpaired) electrons. The number of β-amino-alcohol motifs (C(OH)–C–C–N with tert-alkyl or cyclic N) is 1. The van der Waals surface area contributed by atoms with E-state index in [-0.39, 0.29) is 29.2 Å². The minimum Gasteiger partial charge on any atom is -0.454 e. The van der Waals surface area contributed by atoms with Crippen LogP contribution in [0.5, 0.6) is 0 Å². The molecule has 1 aliphatic heterocycles. The summed E-state index contributed by atoms with van der Waals surface area (Å²) in [6.45, 7) is 4.23. The van der Waals surface area contributed by atoms with Gasteiger partial charge in [-0.2, -0.15) is 4.31 Å². The Labute approximate surface area is 196 Å². The smallest absolute Gasteiger partial charge is 0.325 e. The van der Waals surface area contributed by atoms with Gasteiger partial charge in [-0.1, -0.05) is 12.1 Å². The number of aliphatic hydroxyl groups is 1. The monoisotopic (exact) mass is 491 g/mol. The first-order valence-electron chi connectivity index (χ1n) is 10.4. The van der Waals surface area contributed by atoms with Crippen molar-refractivity contribution in [1.82, 2.24) is 4.31 Å². The third-order valence-electron chi connectivity index (χ3n) is 5.64. The zero-order valence-corrected chi connectivity index (χ0v) is 19.7. The van der Waals surface area contributed by atoms with Crippen molar-refractivity contribution in [3.05, 3.63) is 63.2 Å². The molecule has 1 fully saturated rings. The number of aryl methyl sites for hydroxylation is 3. The SMILES string of the molecule is Cc1ccc(S(=O)(=O)N2CC(O)C[C@H]2C(=O)OCC(=O)Nc2cc([N+](=O)[O-])ccc2C)cc1C. The minimum absolute atomic E-state index is 0.0126. The van der Waals surface area contributed by atoms with E-state index < -0.39 is 45.6 Å². The number of nitro benzene ring substituents is 1. The number of hydrogen-bond acceptors (Lipinski definition) is 8. The fourth-order valence-corrected chi connectivity index (χ4v) is 5.26. The Morgan fingerprint density at radius 2 is 1.82 bits per heavy atom. The molecule has 182 valence electrons. The number of nitrogens with zero attached hydrogens (tertiary/aromatic N) is 2. The number of non-ortho nitro benzene ring substituents is 1. The molecule has 1 saturated heterocycles. The molecular weight excluding hydrogens is 466 g/mol. The van der Waals surface area contributed by atoms with E-state index in [1.807, 2.05) is 6.92 Å². The largest absolute Gasteiger partial charge is 0.454 e. The number of hydrogen-bond donors (Lipinski definition) is 2. The number of ether oxygens (including phenoxy) is 1. The van der Waals surface area contributed by atoms with Crippen molar-refractivity contribution >= 4 is 33.3 Å². The molecule has 0 aromatic heterocycles. The molecule has 1 unspecified atom stereocenters. The van der Waals surface area contributed by atoms with Crippen molar-refractivity contribution in [2.24, 2.45) is 0 Å². The first-order valence-corrected chi connectivity index (χ1v) is 11.8. The van der Waals surface area contributed by atoms with Gasteiger partial charge in [-0.15, -0.1) is 0 Å². The lowest BCUT2D eigenvalue weighted by molar-refractivity contribution is -0.384. The summed E-state index contributed by atoms with van der Waals surface area (Å²) < 4.78 is 32.2. The van der Waals surface area contributed by atoms with Crippen LogP contribution in [-0.4, -0.2) is 59.9 Å². The Hall–Kier alpha value is -3.35. The van der Waals surface area contributed by atoms with Gasteiger partial charge in [0, 0.05) is 25.1 Å². The molecule has 2 aromatic carbocycles. The summed E-state index contributed by atoms with van der Waals surface area (Å²) in [7, 11) is -4.10. The Morgan fingerprint density at radius 3 is 2.47 bits per heavy atom. The number of aliphatic hydroxyl groups excluding tert-OH is 1. The zero-order chi connectivity index (χ0) is 25.2. The van der Waals surface area contributed by atoms with Gasteiger partial charge < -0.3 is 15.2 Å². The highest BCUT2D eigenvalue weighted by atomic mass is 32.2. The van der Waals surface area contributed by atoms with Crippen LogP contribution in [0.15, 0.2) is 41.3 Å². The predicted octanol–water partition coefficient (Wildman–Crippen LogP) is 1.83. The van der Waals surface area contributed by atoms with Crippen molar-refractivity contribution < 1.29 is 32.8 Å². The lowest BCUT2D eigenvalue weighted by atomic mass is 10.1. The van der Waals surface area contributed by atoms with Gasteiger partial charge in [-0.05, 0) is 49.6 Å². The average molecular weight is 492 g/mol. The highest BCUT2D eigenvalue weighted by Gasteiger charge is 2.44. The maximum absolute atomic E-state index is 13.1. The average Bonchev–Trinajstić information content (AvgIpc) is 3.18. The van der Waals surface area contributed by atoms with E-state index >= 15 is 0 Å². The van der Waals surface area contributed by atoms with Gasteiger partial charge in [0.15, 0.2) is 6.61 Å². The third kappa shape index (κ3) is 5.41. The number of anilines is 1. The van der Waals surface area contributed by atoms with E-state index in [1.54, 1.807) is 19.9 Å². The second-order valence-corrected chi connectivity index (χ2v) is 10.0. The van der Waals surface area contributed by atoms with Crippen LogP contribution >= 0.6 is 0 Å². The molecule has 1 amide bonds. The zero-order valence-electron chi connectivity index (χ0n) is 18.8. The third-order valence-corrected chi connectivity index (χ3v) is 7.51. The fourth-order valence-electron chi connectivity index (χ4n) is 3.55. The fraction of sp³-hybridized carbons (Fsp3) is 0.364. The maximum atomic E-state index is 13.1. The van der Waals surface area contributed by atoms with Crippen LogP contribution in [0.4, 0.5) is 11.4 Å². The molecule has 3 rings (SSSR count). The summed E-state index contributed by atoms with van der Waals surface area (Å²) in [6.07, 6.45) is -1.24. The molecule has 0 spiro atoms. The van der Waals surface area contributed by atoms with Crippen LogP contribution in [0, 0.1) is 30.9 Å². The van der Waals surface area contributed by atoms with Gasteiger partial charge in [0.1, 0.15) is 6.04 Å². The molecule has 1 aliphatic rings. The summed E-state index contributed by atoms with van der Waals surface area (Å²) in [4.78, 5) is 35.2. The van der Waals surface area contributed by atoms with Gasteiger partial charge in [0.2, 0.25) is 10.0 Å². The Balaban J connectivity index is 1.70. The molecule has 2 N–H and O–H groups in total. The second-order valence-electron chi connectivity index (χ2n) is 8.14. The quantitative estimate of drug-likeness (QED) is 0.337. The van der Waals surface area contributed by atoms with Crippen molar-refractivity contribution in [3.63, 3.8) is 0 Å². The summed E-state index contributed by atoms with van der Waals surface area (Å²) in [5.41, 5.74) is 2.19. The molecule has 34 heavy (non-hydrogen) atoms. The van der Waals surface area contributed by atoms with Crippen molar-refractivity contribution in [1.29, 1.82) is 0 Å². The van der Waals surface area contributed by atoms with E-state index in [0.29, 0.717) is 5.56 Å². The van der Waals surface area contributed by atoms with E-state index in [9.17, 15) is 33.2 Å². The van der Waals surface area contributed by atoms with Crippen LogP contribution in [0.2, 0.25) is 0 Å². The molecule has 0 saturated carbocycles. The number of nitro groups is 1. The van der Waals surface area contributed by atoms with Crippen LogP contribution < -0.4 is 5.32 Å². The number of nitrogens with one attached hydrogen (secondary N) is 1. The predicted molar refractivity (Wildman–Crippen MR) is 122 cm³/mol. The maximum Gasteiger partial charge on any atom is 0.325 e. The summed E-state index contributed by atoms with van der Waals surface area (Å²) in [5, 5.41) is 23.4. The Bertz CT molecular complexity index is 1240. The topological polar surface area (TPSA) is 156 Å². The number of rotatable bonds is 7. The van der Waals surface area contributed by atoms with Crippen LogP contribution in [0.3, 0.4) is 0 Å². The Kier molecular flexibility index (Phi) is 7.34. The normalized spacial score (nSPS) is 18.5. The highest BCUT2D eigenvalue weighted by molar-refractivity contribution is 7.89. The number of carbonyl (C=O) groups excluding carboxylic acids is 2. The number of benzene rings is 2. The summed E-state index contributed by atoms with van der Waals surface area (Å²) >= 11 is 0. The minimum atomic E-state index is -4.10. The van der Waals surface area contributed by atoms with Gasteiger partial charge in [0.05, 0.1) is 21.6 Å². The highest BCUT2D eigenvalue weighted by Crippen LogP contribution is 2.28. The molecule has 11 nitrogen and oxygen atoms in total. The van der Waals surface area contributed by atoms with Gasteiger partial charge in [-0.3, -0.25) is 19.7 Å². The standard InChI is InChI=1S/C22H25N3O8S/c1-13-5-7-18(8-15(13)3)34(31,32)24-11-17(26)10-20(24)22(28)33-12-21(27)23-19-9-16(25(29)30)6-4-14(19)2/h4-9,17,20,26H,10-12H2,1-3H3,(H,23,27)/t17?,20-/m0/s1. The van der Waals surface area contributed by atoms with E-state index in [1.165, 1.54) is 30.3 Å². The molecule has 0 bridgehead atoms. The first kappa shape index (κ1) is 25.3. The summed E-state index contributed by atoms with van der Waals surface area (Å²) in [5.74, 6) is -1.73. The number of amides is 1. The molecule has 1 heterocycles. The lowest BCUT2D eigenvalue weighted by Gasteiger charge is -2.22. The number of esters is 1. The molecule has 0 aliphatic carbocycles. The van der Waals surface area contributed by atoms with Crippen molar-refractivity contribution in [3.8, 4) is 0 Å². The van der Waals surface area contributed by atoms with E-state index in [4.69, 9.17) is 4.74 Å². The molecular formula is C22H25N3O8S. The molecule has 12 heteroatoms. The number of carbonyl (C=O) groups is 2. The second kappa shape index (κ2) is 9.87. The van der Waals surface area contributed by atoms with Gasteiger partial charge >= 0.3 is 5.97 Å². The van der Waals surface area contributed by atoms with Crippen molar-refractivity contribution in [2.45, 2.75) is 44.2 Å². The van der Waals surface area contributed by atoms with Crippen LogP contribution in [0.25, 0.3) is 0 Å². The van der Waals surface area contributed by atoms with Crippen LogP contribution in [-0.2, 0) is 24.3 Å². The van der Waals surface area contributed by atoms with E-state index in [2.05, 4.69) is 5.32 Å². The van der Waals surface area contributed by atoms with Crippen molar-refractivity contribution in [2.75, 3.05) is 18.5 Å². The Morgan fingerprint density at radius 1 is 1.15 bits per heavy atom. The molecule has 2 aromatic rings. The lowest BCUT2D eigenvalue weighted by Crippen LogP contribution is -2.42. The van der Waals surface area contributed by atoms with Gasteiger partial charge in [0.25, 0.3) is 11.6 Å². The number of sulfonamides is 1. The van der Waals surface area contributed by atoms with E-state index in [0.717, 1.165) is 15.4 Å².